The number of nitrogens with one attached hydrogen (secondary N) is 1. The van der Waals surface area contributed by atoms with Gasteiger partial charge in [-0.15, -0.1) is 0 Å². The molecule has 0 spiro atoms. The topological polar surface area (TPSA) is 114 Å². The van der Waals surface area contributed by atoms with Gasteiger partial charge >= 0.3 is 0 Å². The number of nitro groups is 1. The number of anilines is 1. The first-order valence-corrected chi connectivity index (χ1v) is 10.0. The van der Waals surface area contributed by atoms with Gasteiger partial charge < -0.3 is 9.88 Å². The number of carbonyl (C=O) groups is 1. The van der Waals surface area contributed by atoms with Gasteiger partial charge in [-0.2, -0.15) is 5.26 Å². The number of hydrogen-bond donors (Lipinski definition) is 1. The van der Waals surface area contributed by atoms with Crippen molar-refractivity contribution in [3.63, 3.8) is 0 Å². The van der Waals surface area contributed by atoms with Crippen molar-refractivity contribution in [2.75, 3.05) is 5.32 Å². The Kier molecular flexibility index (Phi) is 6.52. The minimum absolute atomic E-state index is 0.130. The molecule has 31 heavy (non-hydrogen) atoms. The van der Waals surface area contributed by atoms with Crippen LogP contribution in [0.2, 0.25) is 0 Å². The van der Waals surface area contributed by atoms with Crippen molar-refractivity contribution in [3.05, 3.63) is 81.2 Å². The number of amides is 1. The average molecular weight is 433 g/mol. The summed E-state index contributed by atoms with van der Waals surface area (Å²) in [5.41, 5.74) is 2.48. The molecular formula is C22H19N5O3S. The lowest BCUT2D eigenvalue weighted by Crippen LogP contribution is -2.15. The van der Waals surface area contributed by atoms with Crippen LogP contribution >= 0.6 is 11.8 Å². The van der Waals surface area contributed by atoms with Gasteiger partial charge in [0.05, 0.1) is 9.82 Å². The van der Waals surface area contributed by atoms with Gasteiger partial charge in [-0.05, 0) is 54.4 Å². The number of nitrogens with zero attached hydrogens (tertiary/aromatic N) is 4. The molecule has 3 aromatic rings. The largest absolute Gasteiger partial charge is 0.329 e. The molecule has 0 bridgehead atoms. The number of imidazole rings is 1. The summed E-state index contributed by atoms with van der Waals surface area (Å²) in [5, 5.41) is 24.4. The van der Waals surface area contributed by atoms with E-state index in [9.17, 15) is 20.2 Å². The highest BCUT2D eigenvalue weighted by Gasteiger charge is 2.18. The maximum atomic E-state index is 12.6. The number of para-hydroxylation sites is 1. The SMILES string of the molecule is Cc1cccc(C)c1NC(=O)/C(C#N)=C/c1ccc(Sc2nccn2C)c([N+](=O)[O-])c1. The fourth-order valence-electron chi connectivity index (χ4n) is 2.91. The Balaban J connectivity index is 1.91. The van der Waals surface area contributed by atoms with Crippen LogP contribution in [0.3, 0.4) is 0 Å². The molecule has 0 aliphatic carbocycles. The fourth-order valence-corrected chi connectivity index (χ4v) is 3.80. The van der Waals surface area contributed by atoms with E-state index in [4.69, 9.17) is 0 Å². The van der Waals surface area contributed by atoms with E-state index in [0.29, 0.717) is 21.3 Å². The van der Waals surface area contributed by atoms with E-state index >= 15 is 0 Å². The van der Waals surface area contributed by atoms with E-state index in [-0.39, 0.29) is 11.3 Å². The average Bonchev–Trinajstić information content (AvgIpc) is 3.14. The van der Waals surface area contributed by atoms with Crippen molar-refractivity contribution in [2.45, 2.75) is 23.9 Å². The minimum Gasteiger partial charge on any atom is -0.329 e. The predicted molar refractivity (Wildman–Crippen MR) is 119 cm³/mol. The summed E-state index contributed by atoms with van der Waals surface area (Å²) in [6, 6.07) is 12.0. The summed E-state index contributed by atoms with van der Waals surface area (Å²) >= 11 is 1.17. The van der Waals surface area contributed by atoms with E-state index in [0.717, 1.165) is 11.1 Å². The molecule has 156 valence electrons. The van der Waals surface area contributed by atoms with E-state index in [1.54, 1.807) is 36.1 Å². The third kappa shape index (κ3) is 4.99. The Morgan fingerprint density at radius 1 is 1.29 bits per heavy atom. The highest BCUT2D eigenvalue weighted by atomic mass is 32.2. The van der Waals surface area contributed by atoms with Gasteiger partial charge in [-0.3, -0.25) is 14.9 Å². The van der Waals surface area contributed by atoms with Gasteiger partial charge in [0.15, 0.2) is 5.16 Å². The van der Waals surface area contributed by atoms with Gasteiger partial charge in [0.25, 0.3) is 11.6 Å². The van der Waals surface area contributed by atoms with Crippen molar-refractivity contribution < 1.29 is 9.72 Å². The molecule has 0 aliphatic heterocycles. The number of aromatic nitrogens is 2. The van der Waals surface area contributed by atoms with Crippen LogP contribution in [0.25, 0.3) is 6.08 Å². The van der Waals surface area contributed by atoms with Crippen LogP contribution in [0.15, 0.2) is 64.4 Å². The molecule has 0 saturated heterocycles. The lowest BCUT2D eigenvalue weighted by Gasteiger charge is -2.11. The van der Waals surface area contributed by atoms with Crippen molar-refractivity contribution in [1.29, 1.82) is 5.26 Å². The van der Waals surface area contributed by atoms with Crippen molar-refractivity contribution in [2.24, 2.45) is 7.05 Å². The summed E-state index contributed by atoms with van der Waals surface area (Å²) in [6.07, 6.45) is 4.70. The number of hydrogen-bond acceptors (Lipinski definition) is 6. The van der Waals surface area contributed by atoms with Crippen LogP contribution in [-0.4, -0.2) is 20.4 Å². The summed E-state index contributed by atoms with van der Waals surface area (Å²) in [7, 11) is 1.80. The molecule has 2 aromatic carbocycles. The van der Waals surface area contributed by atoms with Crippen LogP contribution in [0.4, 0.5) is 11.4 Å². The van der Waals surface area contributed by atoms with Gasteiger partial charge in [-0.25, -0.2) is 4.98 Å². The zero-order valence-corrected chi connectivity index (χ0v) is 17.9. The van der Waals surface area contributed by atoms with Crippen molar-refractivity contribution in [1.82, 2.24) is 9.55 Å². The number of rotatable bonds is 6. The predicted octanol–water partition coefficient (Wildman–Crippen LogP) is 4.64. The molecule has 0 unspecified atom stereocenters. The monoisotopic (exact) mass is 433 g/mol. The van der Waals surface area contributed by atoms with Crippen molar-refractivity contribution >= 4 is 35.1 Å². The second kappa shape index (κ2) is 9.28. The van der Waals surface area contributed by atoms with Crippen LogP contribution in [-0.2, 0) is 11.8 Å². The number of nitriles is 1. The molecule has 9 heteroatoms. The molecular weight excluding hydrogens is 414 g/mol. The highest BCUT2D eigenvalue weighted by molar-refractivity contribution is 7.99. The first kappa shape index (κ1) is 21.8. The Morgan fingerprint density at radius 2 is 2.00 bits per heavy atom. The Morgan fingerprint density at radius 3 is 2.58 bits per heavy atom. The summed E-state index contributed by atoms with van der Waals surface area (Å²) in [4.78, 5) is 28.3. The fraction of sp³-hybridized carbons (Fsp3) is 0.136. The first-order valence-electron chi connectivity index (χ1n) is 9.23. The molecule has 0 saturated carbocycles. The quantitative estimate of drug-likeness (QED) is 0.262. The van der Waals surface area contributed by atoms with Gasteiger partial charge in [0, 0.05) is 31.2 Å². The van der Waals surface area contributed by atoms with Gasteiger partial charge in [0.1, 0.15) is 11.6 Å². The Hall–Kier alpha value is -3.90. The molecule has 8 nitrogen and oxygen atoms in total. The maximum absolute atomic E-state index is 12.6. The third-order valence-electron chi connectivity index (χ3n) is 4.55. The maximum Gasteiger partial charge on any atom is 0.283 e. The third-order valence-corrected chi connectivity index (χ3v) is 5.69. The second-order valence-corrected chi connectivity index (χ2v) is 7.81. The van der Waals surface area contributed by atoms with E-state index in [1.807, 2.05) is 38.1 Å². The highest BCUT2D eigenvalue weighted by Crippen LogP contribution is 2.34. The van der Waals surface area contributed by atoms with Crippen molar-refractivity contribution in [3.8, 4) is 6.07 Å². The van der Waals surface area contributed by atoms with Gasteiger partial charge in [0.2, 0.25) is 0 Å². The zero-order chi connectivity index (χ0) is 22.5. The van der Waals surface area contributed by atoms with Gasteiger partial charge in [-0.1, -0.05) is 24.3 Å². The van der Waals surface area contributed by atoms with Crippen LogP contribution in [0, 0.1) is 35.3 Å². The standard InChI is InChI=1S/C22H19N5O3S/c1-14-5-4-6-15(2)20(14)25-21(28)17(13-23)11-16-7-8-19(18(12-16)27(29)30)31-22-24-9-10-26(22)3/h4-12H,1-3H3,(H,25,28)/b17-11+. The molecule has 0 radical (unpaired) electrons. The molecule has 0 fully saturated rings. The molecule has 0 atom stereocenters. The lowest BCUT2D eigenvalue weighted by atomic mass is 10.1. The summed E-state index contributed by atoms with van der Waals surface area (Å²) < 4.78 is 1.76. The minimum atomic E-state index is -0.575. The smallest absolute Gasteiger partial charge is 0.283 e. The normalized spacial score (nSPS) is 11.1. The summed E-state index contributed by atoms with van der Waals surface area (Å²) in [5.74, 6) is -0.575. The molecule has 0 aliphatic rings. The second-order valence-electron chi connectivity index (χ2n) is 6.80. The molecule has 1 heterocycles. The molecule has 1 aromatic heterocycles. The number of benzene rings is 2. The number of aryl methyl sites for hydroxylation is 3. The molecule has 3 rings (SSSR count). The molecule has 1 amide bonds. The number of carbonyl (C=O) groups excluding carboxylic acids is 1. The zero-order valence-electron chi connectivity index (χ0n) is 17.1. The molecule has 1 N–H and O–H groups in total. The Labute approximate surface area is 183 Å². The van der Waals surface area contributed by atoms with Crippen LogP contribution in [0.5, 0.6) is 0 Å². The van der Waals surface area contributed by atoms with Crippen LogP contribution in [0.1, 0.15) is 16.7 Å². The lowest BCUT2D eigenvalue weighted by molar-refractivity contribution is -0.387. The van der Waals surface area contributed by atoms with Crippen LogP contribution < -0.4 is 5.32 Å². The van der Waals surface area contributed by atoms with E-state index in [2.05, 4.69) is 10.3 Å². The van der Waals surface area contributed by atoms with E-state index in [1.165, 1.54) is 23.9 Å². The first-order chi connectivity index (χ1) is 14.8. The Bertz CT molecular complexity index is 1220. The van der Waals surface area contributed by atoms with E-state index < -0.39 is 10.8 Å². The number of nitro benzene ring substituents is 1. The summed E-state index contributed by atoms with van der Waals surface area (Å²) in [6.45, 7) is 3.72.